The maximum Gasteiger partial charge on any atom is 0.355 e. The summed E-state index contributed by atoms with van der Waals surface area (Å²) < 4.78 is 11.6. The van der Waals surface area contributed by atoms with Gasteiger partial charge in [0, 0.05) is 15.6 Å². The third-order valence-corrected chi connectivity index (χ3v) is 12.0. The van der Waals surface area contributed by atoms with E-state index in [2.05, 4.69) is 74.8 Å². The molecule has 2 aliphatic heterocycles. The number of ether oxygens (including phenoxy) is 2. The molecule has 0 aliphatic carbocycles. The van der Waals surface area contributed by atoms with Crippen LogP contribution in [0.1, 0.15) is 27.9 Å². The number of fused-ring (bicyclic) bond motifs is 1. The highest BCUT2D eigenvalue weighted by atomic mass is 127. The third kappa shape index (κ3) is 8.34. The van der Waals surface area contributed by atoms with E-state index in [4.69, 9.17) is 19.3 Å². The molecule has 3 heterocycles. The van der Waals surface area contributed by atoms with Crippen LogP contribution in [-0.4, -0.2) is 69.2 Å². The second-order valence-corrected chi connectivity index (χ2v) is 15.7. The number of anilines is 1. The maximum absolute atomic E-state index is 14.0. The number of hydrogen-bond acceptors (Lipinski definition) is 11. The van der Waals surface area contributed by atoms with Crippen LogP contribution in [-0.2, 0) is 36.1 Å². The molecule has 11 nitrogen and oxygen atoms in total. The van der Waals surface area contributed by atoms with E-state index in [9.17, 15) is 14.4 Å². The molecule has 1 aromatic heterocycles. The van der Waals surface area contributed by atoms with Crippen molar-refractivity contribution >= 4 is 74.3 Å². The molecular formula is C43H38IN5O6S2. The third-order valence-electron chi connectivity index (χ3n) is 9.47. The van der Waals surface area contributed by atoms with Gasteiger partial charge in [-0.3, -0.25) is 14.5 Å². The van der Waals surface area contributed by atoms with Crippen molar-refractivity contribution in [1.29, 1.82) is 0 Å². The van der Waals surface area contributed by atoms with E-state index >= 15 is 0 Å². The standard InChI is InChI=1S/C43H38IN5O6S2/c1-53-33-22-20-28(21-23-33)25-55-41(52)37-29(13-12-24-44)26-56-40-36(39(51)49(37)40)46-38(50)35(48-54-2)34-27-57-42(45-34)47-43(30-14-6-3-7-15-30,31-16-8-4-9-17-31)32-18-10-5-11-19-32/h3-23,27,36,40H,24-26H2,1-2H3,(H,45,47)(H,46,50)/b13-12+,48-35+/t36-,40-/m1/s1. The number of aromatic nitrogens is 1. The number of thioether (sulfide) groups is 1. The van der Waals surface area contributed by atoms with Crippen LogP contribution in [0.2, 0.25) is 0 Å². The number of carbonyl (C=O) groups excluding carboxylic acids is 3. The van der Waals surface area contributed by atoms with Gasteiger partial charge in [0.1, 0.15) is 47.8 Å². The summed E-state index contributed by atoms with van der Waals surface area (Å²) in [6, 6.07) is 36.6. The van der Waals surface area contributed by atoms with Crippen molar-refractivity contribution in [2.75, 3.05) is 29.7 Å². The number of rotatable bonds is 15. The van der Waals surface area contributed by atoms with E-state index in [-0.39, 0.29) is 23.7 Å². The molecule has 0 radical (unpaired) electrons. The van der Waals surface area contributed by atoms with Crippen LogP contribution in [0.3, 0.4) is 0 Å². The molecular weight excluding hydrogens is 874 g/mol. The van der Waals surface area contributed by atoms with Gasteiger partial charge in [0.15, 0.2) is 10.8 Å². The van der Waals surface area contributed by atoms with Crippen molar-refractivity contribution in [2.45, 2.75) is 23.6 Å². The van der Waals surface area contributed by atoms with Crippen molar-refractivity contribution in [3.05, 3.63) is 172 Å². The molecule has 1 saturated heterocycles. The van der Waals surface area contributed by atoms with Gasteiger partial charge in [-0.05, 0) is 40.0 Å². The second-order valence-electron chi connectivity index (χ2n) is 12.8. The minimum atomic E-state index is -0.929. The maximum atomic E-state index is 14.0. The molecule has 0 spiro atoms. The molecule has 7 rings (SSSR count). The van der Waals surface area contributed by atoms with Crippen molar-refractivity contribution < 1.29 is 28.7 Å². The van der Waals surface area contributed by atoms with Gasteiger partial charge < -0.3 is 24.9 Å². The molecule has 0 saturated carbocycles. The molecule has 1 fully saturated rings. The van der Waals surface area contributed by atoms with Crippen LogP contribution in [0.15, 0.2) is 149 Å². The fraction of sp³-hybridized carbons (Fsp3) is 0.186. The SMILES string of the molecule is CO/N=C(/C(=O)N[C@@H]1C(=O)N2C(C(=O)OCc3ccc(OC)cc3)=C(/C=C/CI)CS[C@H]12)c1csc(NC(c2ccccc2)(c2ccccc2)c2ccccc2)n1. The van der Waals surface area contributed by atoms with Gasteiger partial charge in [0.05, 0.1) is 7.11 Å². The highest BCUT2D eigenvalue weighted by Crippen LogP contribution is 2.42. The molecule has 0 unspecified atom stereocenters. The number of allylic oxidation sites excluding steroid dienone is 2. The number of oxime groups is 1. The summed E-state index contributed by atoms with van der Waals surface area (Å²) in [7, 11) is 2.92. The lowest BCUT2D eigenvalue weighted by Crippen LogP contribution is -2.71. The van der Waals surface area contributed by atoms with Gasteiger partial charge in [-0.1, -0.05) is 143 Å². The molecule has 2 amide bonds. The van der Waals surface area contributed by atoms with Gasteiger partial charge in [-0.15, -0.1) is 23.1 Å². The highest BCUT2D eigenvalue weighted by Gasteiger charge is 2.54. The predicted octanol–water partition coefficient (Wildman–Crippen LogP) is 7.29. The van der Waals surface area contributed by atoms with Crippen LogP contribution >= 0.6 is 45.7 Å². The van der Waals surface area contributed by atoms with E-state index in [0.717, 1.165) is 26.7 Å². The van der Waals surface area contributed by atoms with Crippen LogP contribution in [0.5, 0.6) is 5.75 Å². The molecule has 5 aromatic rings. The first kappa shape index (κ1) is 39.8. The zero-order valence-corrected chi connectivity index (χ0v) is 34.8. The molecule has 2 N–H and O–H groups in total. The number of carbonyl (C=O) groups is 3. The second kappa shape index (κ2) is 18.2. The molecule has 2 aliphatic rings. The Balaban J connectivity index is 1.12. The number of alkyl halides is 1. The van der Waals surface area contributed by atoms with E-state index in [0.29, 0.717) is 22.2 Å². The number of halogens is 1. The van der Waals surface area contributed by atoms with Gasteiger partial charge in [0.25, 0.3) is 11.8 Å². The number of nitrogens with one attached hydrogen (secondary N) is 2. The molecule has 4 aromatic carbocycles. The van der Waals surface area contributed by atoms with E-state index in [1.807, 2.05) is 78.9 Å². The molecule has 14 heteroatoms. The molecule has 57 heavy (non-hydrogen) atoms. The largest absolute Gasteiger partial charge is 0.497 e. The Bertz CT molecular complexity index is 2210. The number of esters is 1. The minimum Gasteiger partial charge on any atom is -0.497 e. The van der Waals surface area contributed by atoms with Crippen molar-refractivity contribution in [1.82, 2.24) is 15.2 Å². The molecule has 0 bridgehead atoms. The Hall–Kier alpha value is -5.45. The number of amides is 2. The lowest BCUT2D eigenvalue weighted by molar-refractivity contribution is -0.153. The van der Waals surface area contributed by atoms with Crippen LogP contribution in [0.25, 0.3) is 0 Å². The fourth-order valence-electron chi connectivity index (χ4n) is 6.77. The summed E-state index contributed by atoms with van der Waals surface area (Å²) in [4.78, 5) is 52.8. The number of methoxy groups -OCH3 is 1. The number of benzene rings is 4. The highest BCUT2D eigenvalue weighted by molar-refractivity contribution is 14.1. The quantitative estimate of drug-likeness (QED) is 0.0212. The smallest absolute Gasteiger partial charge is 0.355 e. The van der Waals surface area contributed by atoms with Crippen LogP contribution in [0.4, 0.5) is 5.13 Å². The number of thiazole rings is 1. The van der Waals surface area contributed by atoms with Gasteiger partial charge in [0.2, 0.25) is 0 Å². The van der Waals surface area contributed by atoms with Crippen LogP contribution in [0, 0.1) is 0 Å². The van der Waals surface area contributed by atoms with E-state index < -0.39 is 34.7 Å². The Morgan fingerprint density at radius 2 is 1.54 bits per heavy atom. The van der Waals surface area contributed by atoms with E-state index in [1.54, 1.807) is 24.6 Å². The number of hydrogen-bond donors (Lipinski definition) is 2. The minimum absolute atomic E-state index is 0.0140. The van der Waals surface area contributed by atoms with Crippen molar-refractivity contribution in [2.24, 2.45) is 5.16 Å². The van der Waals surface area contributed by atoms with Gasteiger partial charge in [-0.2, -0.15) is 0 Å². The zero-order valence-electron chi connectivity index (χ0n) is 31.0. The summed E-state index contributed by atoms with van der Waals surface area (Å²) >= 11 is 4.98. The lowest BCUT2D eigenvalue weighted by atomic mass is 9.77. The monoisotopic (exact) mass is 911 g/mol. The Kier molecular flexibility index (Phi) is 12.7. The average molecular weight is 912 g/mol. The van der Waals surface area contributed by atoms with Crippen LogP contribution < -0.4 is 15.4 Å². The Labute approximate surface area is 352 Å². The number of nitrogens with zero attached hydrogens (tertiary/aromatic N) is 3. The van der Waals surface area contributed by atoms with Gasteiger partial charge in [-0.25, -0.2) is 9.78 Å². The molecule has 290 valence electrons. The number of β-lactam (4-membered cyclic amide) rings is 1. The fourth-order valence-corrected chi connectivity index (χ4v) is 9.10. The first-order valence-corrected chi connectivity index (χ1v) is 21.4. The van der Waals surface area contributed by atoms with Crippen molar-refractivity contribution in [3.8, 4) is 5.75 Å². The first-order valence-electron chi connectivity index (χ1n) is 17.9. The summed E-state index contributed by atoms with van der Waals surface area (Å²) in [5.74, 6) is -0.576. The summed E-state index contributed by atoms with van der Waals surface area (Å²) in [5.41, 5.74) is 3.91. The van der Waals surface area contributed by atoms with Gasteiger partial charge >= 0.3 is 5.97 Å². The lowest BCUT2D eigenvalue weighted by Gasteiger charge is -2.49. The Morgan fingerprint density at radius 3 is 2.11 bits per heavy atom. The van der Waals surface area contributed by atoms with Crippen molar-refractivity contribution in [3.63, 3.8) is 0 Å². The normalized spacial score (nSPS) is 16.8. The Morgan fingerprint density at radius 1 is 0.930 bits per heavy atom. The topological polar surface area (TPSA) is 131 Å². The summed E-state index contributed by atoms with van der Waals surface area (Å²) in [6.45, 7) is 0.0140. The summed E-state index contributed by atoms with van der Waals surface area (Å²) in [6.07, 6.45) is 3.77. The zero-order chi connectivity index (χ0) is 39.8. The summed E-state index contributed by atoms with van der Waals surface area (Å²) in [5, 5.41) is 12.3. The average Bonchev–Trinajstić information content (AvgIpc) is 3.73. The predicted molar refractivity (Wildman–Crippen MR) is 231 cm³/mol. The molecule has 2 atom stereocenters. The van der Waals surface area contributed by atoms with E-state index in [1.165, 1.54) is 35.1 Å². The first-order chi connectivity index (χ1) is 27.9.